The van der Waals surface area contributed by atoms with Gasteiger partial charge < -0.3 is 4.74 Å². The van der Waals surface area contributed by atoms with E-state index in [-0.39, 0.29) is 17.4 Å². The number of para-hydroxylation sites is 1. The summed E-state index contributed by atoms with van der Waals surface area (Å²) in [5, 5.41) is 4.79. The zero-order valence-electron chi connectivity index (χ0n) is 18.2. The minimum absolute atomic E-state index is 0.0459. The van der Waals surface area contributed by atoms with Crippen molar-refractivity contribution < 1.29 is 17.9 Å². The number of methoxy groups -OCH3 is 1. The van der Waals surface area contributed by atoms with Gasteiger partial charge in [0.1, 0.15) is 10.1 Å². The number of carbonyl (C=O) groups excluding carboxylic acids is 1. The Morgan fingerprint density at radius 1 is 1.15 bits per heavy atom. The quantitative estimate of drug-likeness (QED) is 0.379. The summed E-state index contributed by atoms with van der Waals surface area (Å²) in [6, 6.07) is 16.9. The molecule has 1 atom stereocenters. The van der Waals surface area contributed by atoms with Crippen molar-refractivity contribution in [3.63, 3.8) is 0 Å². The molecule has 2 aliphatic rings. The van der Waals surface area contributed by atoms with Crippen molar-refractivity contribution in [2.45, 2.75) is 12.5 Å². The zero-order chi connectivity index (χ0) is 23.9. The van der Waals surface area contributed by atoms with Gasteiger partial charge in [-0.15, -0.1) is 0 Å². The summed E-state index contributed by atoms with van der Waals surface area (Å²) >= 11 is 6.65. The number of benzene rings is 2. The van der Waals surface area contributed by atoms with Crippen molar-refractivity contribution in [1.29, 1.82) is 0 Å². The maximum Gasteiger partial charge on any atom is 0.266 e. The van der Waals surface area contributed by atoms with Crippen molar-refractivity contribution in [2.24, 2.45) is 0 Å². The molecule has 0 radical (unpaired) electrons. The number of carbonyl (C=O) groups is 1. The fraction of sp³-hybridized carbons (Fsp3) is 0.208. The number of nitrogens with zero attached hydrogens (tertiary/aromatic N) is 3. The zero-order valence-corrected chi connectivity index (χ0v) is 20.7. The van der Waals surface area contributed by atoms with Crippen LogP contribution in [-0.4, -0.2) is 58.0 Å². The maximum absolute atomic E-state index is 13.2. The molecule has 2 aliphatic heterocycles. The number of thiocarbonyl (C=S) groups is 1. The van der Waals surface area contributed by atoms with E-state index in [0.29, 0.717) is 21.3 Å². The van der Waals surface area contributed by atoms with Gasteiger partial charge in [-0.3, -0.25) is 9.69 Å². The molecular formula is C24H21N3O4S3. The predicted octanol–water partition coefficient (Wildman–Crippen LogP) is 3.94. The van der Waals surface area contributed by atoms with Crippen LogP contribution in [0.15, 0.2) is 65.7 Å². The molecule has 5 rings (SSSR count). The van der Waals surface area contributed by atoms with Crippen LogP contribution in [0.2, 0.25) is 0 Å². The third-order valence-electron chi connectivity index (χ3n) is 5.81. The molecule has 2 saturated heterocycles. The van der Waals surface area contributed by atoms with Crippen LogP contribution in [0.25, 0.3) is 23.0 Å². The lowest BCUT2D eigenvalue weighted by atomic mass is 10.1. The molecule has 0 saturated carbocycles. The Morgan fingerprint density at radius 2 is 1.88 bits per heavy atom. The van der Waals surface area contributed by atoms with E-state index in [1.807, 2.05) is 60.8 Å². The first-order valence-electron chi connectivity index (χ1n) is 10.6. The Kier molecular flexibility index (Phi) is 6.05. The predicted molar refractivity (Wildman–Crippen MR) is 138 cm³/mol. The largest absolute Gasteiger partial charge is 0.497 e. The first-order valence-corrected chi connectivity index (χ1v) is 13.7. The molecule has 0 unspecified atom stereocenters. The monoisotopic (exact) mass is 511 g/mol. The average Bonchev–Trinajstić information content (AvgIpc) is 3.49. The first-order chi connectivity index (χ1) is 16.3. The summed E-state index contributed by atoms with van der Waals surface area (Å²) in [4.78, 5) is 15.2. The second-order valence-corrected chi connectivity index (χ2v) is 12.0. The van der Waals surface area contributed by atoms with Gasteiger partial charge in [-0.05, 0) is 48.9 Å². The Balaban J connectivity index is 1.54. The van der Waals surface area contributed by atoms with Crippen LogP contribution in [0, 0.1) is 0 Å². The molecule has 3 aromatic rings. The number of ether oxygens (including phenoxy) is 1. The van der Waals surface area contributed by atoms with Gasteiger partial charge in [-0.25, -0.2) is 13.1 Å². The second kappa shape index (κ2) is 9.01. The fourth-order valence-corrected chi connectivity index (χ4v) is 7.19. The summed E-state index contributed by atoms with van der Waals surface area (Å²) in [6.45, 7) is 0. The normalized spacial score (nSPS) is 20.9. The molecule has 1 amide bonds. The van der Waals surface area contributed by atoms with Gasteiger partial charge in [-0.2, -0.15) is 5.10 Å². The molecular weight excluding hydrogens is 490 g/mol. The minimum atomic E-state index is -3.14. The smallest absolute Gasteiger partial charge is 0.266 e. The van der Waals surface area contributed by atoms with Crippen molar-refractivity contribution in [3.05, 3.63) is 71.3 Å². The Morgan fingerprint density at radius 3 is 2.53 bits per heavy atom. The maximum atomic E-state index is 13.2. The van der Waals surface area contributed by atoms with E-state index in [2.05, 4.69) is 0 Å². The van der Waals surface area contributed by atoms with Gasteiger partial charge in [0.2, 0.25) is 0 Å². The van der Waals surface area contributed by atoms with Gasteiger partial charge in [0.05, 0.1) is 40.9 Å². The van der Waals surface area contributed by atoms with Crippen LogP contribution in [0.1, 0.15) is 12.0 Å². The molecule has 0 bridgehead atoms. The number of hydrogen-bond donors (Lipinski definition) is 0. The highest BCUT2D eigenvalue weighted by atomic mass is 32.2. The Labute approximate surface area is 207 Å². The van der Waals surface area contributed by atoms with E-state index in [1.54, 1.807) is 17.9 Å². The first kappa shape index (κ1) is 22.8. The highest BCUT2D eigenvalue weighted by Crippen LogP contribution is 2.37. The molecule has 10 heteroatoms. The highest BCUT2D eigenvalue weighted by molar-refractivity contribution is 8.26. The molecule has 34 heavy (non-hydrogen) atoms. The van der Waals surface area contributed by atoms with Crippen LogP contribution in [0.5, 0.6) is 5.75 Å². The van der Waals surface area contributed by atoms with Crippen molar-refractivity contribution in [2.75, 3.05) is 18.6 Å². The van der Waals surface area contributed by atoms with E-state index in [9.17, 15) is 13.2 Å². The highest BCUT2D eigenvalue weighted by Gasteiger charge is 2.42. The molecule has 1 aromatic heterocycles. The van der Waals surface area contributed by atoms with Crippen LogP contribution in [-0.2, 0) is 14.6 Å². The Hall–Kier alpha value is -2.95. The summed E-state index contributed by atoms with van der Waals surface area (Å²) < 4.78 is 31.3. The molecule has 2 fully saturated rings. The van der Waals surface area contributed by atoms with Crippen LogP contribution >= 0.6 is 24.0 Å². The lowest BCUT2D eigenvalue weighted by Crippen LogP contribution is -2.39. The summed E-state index contributed by atoms with van der Waals surface area (Å²) in [5.74, 6) is 0.514. The molecule has 0 spiro atoms. The SMILES string of the molecule is COc1ccc(-c2nn(-c3ccccc3)cc2/C=C2\SC(=S)N([C@H]3CCS(=O)(=O)C3)C2=O)cc1. The van der Waals surface area contributed by atoms with Crippen LogP contribution in [0.3, 0.4) is 0 Å². The van der Waals surface area contributed by atoms with E-state index in [0.717, 1.165) is 22.6 Å². The van der Waals surface area contributed by atoms with E-state index < -0.39 is 15.9 Å². The summed E-state index contributed by atoms with van der Waals surface area (Å²) in [6.07, 6.45) is 4.07. The lowest BCUT2D eigenvalue weighted by molar-refractivity contribution is -0.123. The third-order valence-corrected chi connectivity index (χ3v) is 8.89. The van der Waals surface area contributed by atoms with Crippen LogP contribution < -0.4 is 4.74 Å². The number of amides is 1. The topological polar surface area (TPSA) is 81.5 Å². The fourth-order valence-electron chi connectivity index (χ4n) is 4.09. The average molecular weight is 512 g/mol. The van der Waals surface area contributed by atoms with Crippen molar-refractivity contribution >= 4 is 50.1 Å². The standard InChI is InChI=1S/C24H21N3O4S3/c1-31-20-9-7-16(8-10-20)22-17(14-26(25-22)18-5-3-2-4-6-18)13-21-23(28)27(24(32)33-21)19-11-12-34(29,30)15-19/h2-10,13-14,19H,11-12,15H2,1H3/b21-13-/t19-/m0/s1. The minimum Gasteiger partial charge on any atom is -0.497 e. The number of sulfone groups is 1. The van der Waals surface area contributed by atoms with E-state index >= 15 is 0 Å². The van der Waals surface area contributed by atoms with Gasteiger partial charge in [0, 0.05) is 17.3 Å². The summed E-state index contributed by atoms with van der Waals surface area (Å²) in [5.41, 5.74) is 3.23. The van der Waals surface area contributed by atoms with Gasteiger partial charge in [-0.1, -0.05) is 42.2 Å². The number of hydrogen-bond acceptors (Lipinski definition) is 7. The molecule has 7 nitrogen and oxygen atoms in total. The van der Waals surface area contributed by atoms with Crippen molar-refractivity contribution in [3.8, 4) is 22.7 Å². The van der Waals surface area contributed by atoms with Crippen molar-refractivity contribution in [1.82, 2.24) is 14.7 Å². The van der Waals surface area contributed by atoms with Gasteiger partial charge in [0.25, 0.3) is 5.91 Å². The number of thioether (sulfide) groups is 1. The molecule has 174 valence electrons. The number of rotatable bonds is 5. The van der Waals surface area contributed by atoms with E-state index in [4.69, 9.17) is 22.1 Å². The third kappa shape index (κ3) is 4.40. The Bertz CT molecular complexity index is 1400. The molecule has 2 aromatic carbocycles. The van der Waals surface area contributed by atoms with Gasteiger partial charge >= 0.3 is 0 Å². The summed E-state index contributed by atoms with van der Waals surface area (Å²) in [7, 11) is -1.52. The molecule has 3 heterocycles. The lowest BCUT2D eigenvalue weighted by Gasteiger charge is -2.20. The van der Waals surface area contributed by atoms with E-state index in [1.165, 1.54) is 16.7 Å². The second-order valence-electron chi connectivity index (χ2n) is 8.05. The number of aromatic nitrogens is 2. The van der Waals surface area contributed by atoms with Crippen LogP contribution in [0.4, 0.5) is 0 Å². The molecule has 0 aliphatic carbocycles. The molecule has 0 N–H and O–H groups in total. The van der Waals surface area contributed by atoms with Gasteiger partial charge in [0.15, 0.2) is 9.84 Å².